The maximum absolute atomic E-state index is 13.2. The molecule has 3 heterocycles. The second-order valence-corrected chi connectivity index (χ2v) is 10.8. The molecule has 2 aromatic rings. The number of aromatic nitrogens is 1. The predicted octanol–water partition coefficient (Wildman–Crippen LogP) is 4.74. The van der Waals surface area contributed by atoms with Crippen LogP contribution in [0, 0.1) is 12.3 Å². The van der Waals surface area contributed by atoms with Crippen LogP contribution in [0.4, 0.5) is 0 Å². The summed E-state index contributed by atoms with van der Waals surface area (Å²) in [6.07, 6.45) is 5.64. The van der Waals surface area contributed by atoms with Crippen LogP contribution in [0.2, 0.25) is 5.02 Å². The SMILES string of the molecule is Cc1nc(CC(=O)N2CCC(COc3cccc(Cl)c3)(CC(=O)N3CCCCC3)CC2)cs1. The number of amides is 2. The number of benzene rings is 1. The van der Waals surface area contributed by atoms with Gasteiger partial charge in [-0.1, -0.05) is 17.7 Å². The first kappa shape index (κ1) is 24.0. The molecule has 2 fully saturated rings. The number of ether oxygens (including phenoxy) is 1. The van der Waals surface area contributed by atoms with Gasteiger partial charge in [-0.2, -0.15) is 0 Å². The fourth-order valence-electron chi connectivity index (χ4n) is 4.73. The Hall–Kier alpha value is -2.12. The standard InChI is InChI=1S/C25H32ClN3O3S/c1-19-27-21(17-33-19)15-23(30)29-12-8-25(9-13-29,16-24(31)28-10-3-2-4-11-28)18-32-22-7-5-6-20(26)14-22/h5-7,14,17H,2-4,8-13,15-16,18H2,1H3. The second-order valence-electron chi connectivity index (χ2n) is 9.28. The first-order valence-electron chi connectivity index (χ1n) is 11.8. The zero-order valence-corrected chi connectivity index (χ0v) is 20.8. The van der Waals surface area contributed by atoms with Crippen molar-refractivity contribution in [3.8, 4) is 5.75 Å². The van der Waals surface area contributed by atoms with E-state index in [4.69, 9.17) is 16.3 Å². The van der Waals surface area contributed by atoms with Crippen molar-refractivity contribution in [2.75, 3.05) is 32.8 Å². The van der Waals surface area contributed by atoms with Crippen LogP contribution in [0.15, 0.2) is 29.6 Å². The molecule has 2 aliphatic heterocycles. The summed E-state index contributed by atoms with van der Waals surface area (Å²) in [5.41, 5.74) is 0.550. The van der Waals surface area contributed by atoms with E-state index in [-0.39, 0.29) is 17.2 Å². The van der Waals surface area contributed by atoms with Gasteiger partial charge in [0.2, 0.25) is 11.8 Å². The maximum Gasteiger partial charge on any atom is 0.228 e. The first-order chi connectivity index (χ1) is 15.9. The summed E-state index contributed by atoms with van der Waals surface area (Å²) in [4.78, 5) is 34.3. The van der Waals surface area contributed by atoms with Crippen molar-refractivity contribution in [1.82, 2.24) is 14.8 Å². The van der Waals surface area contributed by atoms with Gasteiger partial charge in [0.05, 0.1) is 23.7 Å². The average molecular weight is 490 g/mol. The molecule has 178 valence electrons. The van der Waals surface area contributed by atoms with Crippen molar-refractivity contribution in [2.45, 2.75) is 51.9 Å². The van der Waals surface area contributed by atoms with Crippen LogP contribution in [0.25, 0.3) is 0 Å². The van der Waals surface area contributed by atoms with E-state index < -0.39 is 0 Å². The Balaban J connectivity index is 1.41. The summed E-state index contributed by atoms with van der Waals surface area (Å²) >= 11 is 7.69. The fourth-order valence-corrected chi connectivity index (χ4v) is 5.52. The van der Waals surface area contributed by atoms with Crippen molar-refractivity contribution in [2.24, 2.45) is 5.41 Å². The number of carbonyl (C=O) groups excluding carboxylic acids is 2. The van der Waals surface area contributed by atoms with Crippen LogP contribution in [-0.4, -0.2) is 59.4 Å². The number of hydrogen-bond donors (Lipinski definition) is 0. The molecule has 0 atom stereocenters. The highest BCUT2D eigenvalue weighted by molar-refractivity contribution is 7.09. The highest BCUT2D eigenvalue weighted by Crippen LogP contribution is 2.37. The molecule has 0 unspecified atom stereocenters. The minimum Gasteiger partial charge on any atom is -0.493 e. The Morgan fingerprint density at radius 3 is 2.48 bits per heavy atom. The number of hydrogen-bond acceptors (Lipinski definition) is 5. The Morgan fingerprint density at radius 2 is 1.82 bits per heavy atom. The van der Waals surface area contributed by atoms with Crippen LogP contribution in [-0.2, 0) is 16.0 Å². The van der Waals surface area contributed by atoms with E-state index in [0.29, 0.717) is 43.3 Å². The first-order valence-corrected chi connectivity index (χ1v) is 13.0. The largest absolute Gasteiger partial charge is 0.493 e. The zero-order chi connectivity index (χ0) is 23.3. The van der Waals surface area contributed by atoms with Gasteiger partial charge in [0, 0.05) is 48.4 Å². The smallest absolute Gasteiger partial charge is 0.228 e. The molecule has 0 bridgehead atoms. The van der Waals surface area contributed by atoms with E-state index in [9.17, 15) is 9.59 Å². The molecule has 33 heavy (non-hydrogen) atoms. The highest BCUT2D eigenvalue weighted by atomic mass is 35.5. The van der Waals surface area contributed by atoms with Gasteiger partial charge in [-0.3, -0.25) is 9.59 Å². The number of aryl methyl sites for hydroxylation is 1. The van der Waals surface area contributed by atoms with Gasteiger partial charge in [0.1, 0.15) is 5.75 Å². The Kier molecular flexibility index (Phi) is 7.91. The summed E-state index contributed by atoms with van der Waals surface area (Å²) in [5, 5.41) is 3.56. The lowest BCUT2D eigenvalue weighted by molar-refractivity contribution is -0.138. The quantitative estimate of drug-likeness (QED) is 0.563. The Morgan fingerprint density at radius 1 is 1.09 bits per heavy atom. The molecule has 0 spiro atoms. The number of thiazole rings is 1. The summed E-state index contributed by atoms with van der Waals surface area (Å²) in [6, 6.07) is 7.37. The van der Waals surface area contributed by atoms with E-state index in [1.165, 1.54) is 6.42 Å². The monoisotopic (exact) mass is 489 g/mol. The molecule has 2 aliphatic rings. The van der Waals surface area contributed by atoms with Crippen molar-refractivity contribution >= 4 is 34.8 Å². The van der Waals surface area contributed by atoms with Crippen molar-refractivity contribution < 1.29 is 14.3 Å². The lowest BCUT2D eigenvalue weighted by Gasteiger charge is -2.42. The van der Waals surface area contributed by atoms with E-state index in [1.807, 2.05) is 40.3 Å². The van der Waals surface area contributed by atoms with Gasteiger partial charge in [-0.25, -0.2) is 4.98 Å². The number of carbonyl (C=O) groups is 2. The molecule has 2 amide bonds. The zero-order valence-electron chi connectivity index (χ0n) is 19.2. The van der Waals surface area contributed by atoms with E-state index in [1.54, 1.807) is 17.4 Å². The normalized spacial score (nSPS) is 18.2. The molecule has 8 heteroatoms. The van der Waals surface area contributed by atoms with Gasteiger partial charge in [-0.15, -0.1) is 11.3 Å². The molecule has 0 saturated carbocycles. The van der Waals surface area contributed by atoms with Crippen molar-refractivity contribution in [3.63, 3.8) is 0 Å². The molecule has 1 aromatic carbocycles. The number of likely N-dealkylation sites (tertiary alicyclic amines) is 2. The molecule has 0 aliphatic carbocycles. The Labute approximate surface area is 204 Å². The molecule has 0 radical (unpaired) electrons. The molecular formula is C25H32ClN3O3S. The lowest BCUT2D eigenvalue weighted by Crippen LogP contribution is -2.48. The lowest BCUT2D eigenvalue weighted by atomic mass is 9.75. The van der Waals surface area contributed by atoms with Gasteiger partial charge in [0.15, 0.2) is 0 Å². The summed E-state index contributed by atoms with van der Waals surface area (Å²) in [6.45, 7) is 5.36. The number of rotatable bonds is 7. The van der Waals surface area contributed by atoms with Crippen LogP contribution in [0.3, 0.4) is 0 Å². The van der Waals surface area contributed by atoms with E-state index in [0.717, 1.165) is 49.5 Å². The molecular weight excluding hydrogens is 458 g/mol. The van der Waals surface area contributed by atoms with E-state index >= 15 is 0 Å². The minimum absolute atomic E-state index is 0.104. The third-order valence-corrected chi connectivity index (χ3v) is 7.81. The minimum atomic E-state index is -0.287. The summed E-state index contributed by atoms with van der Waals surface area (Å²) < 4.78 is 6.14. The molecule has 0 N–H and O–H groups in total. The topological polar surface area (TPSA) is 62.7 Å². The average Bonchev–Trinajstić information content (AvgIpc) is 3.23. The molecule has 6 nitrogen and oxygen atoms in total. The van der Waals surface area contributed by atoms with Crippen molar-refractivity contribution in [1.29, 1.82) is 0 Å². The number of piperidine rings is 2. The van der Waals surface area contributed by atoms with Gasteiger partial charge >= 0.3 is 0 Å². The van der Waals surface area contributed by atoms with Gasteiger partial charge in [0.25, 0.3) is 0 Å². The fraction of sp³-hybridized carbons (Fsp3) is 0.560. The van der Waals surface area contributed by atoms with Crippen LogP contribution in [0.1, 0.15) is 49.2 Å². The number of halogens is 1. The van der Waals surface area contributed by atoms with Crippen LogP contribution < -0.4 is 4.74 Å². The summed E-state index contributed by atoms with van der Waals surface area (Å²) in [5.74, 6) is 1.03. The van der Waals surface area contributed by atoms with Gasteiger partial charge in [-0.05, 0) is 57.2 Å². The van der Waals surface area contributed by atoms with Gasteiger partial charge < -0.3 is 14.5 Å². The molecule has 1 aromatic heterocycles. The Bertz CT molecular complexity index is 965. The predicted molar refractivity (Wildman–Crippen MR) is 131 cm³/mol. The third kappa shape index (κ3) is 6.48. The van der Waals surface area contributed by atoms with Crippen molar-refractivity contribution in [3.05, 3.63) is 45.4 Å². The van der Waals surface area contributed by atoms with Crippen LogP contribution in [0.5, 0.6) is 5.75 Å². The highest BCUT2D eigenvalue weighted by Gasteiger charge is 2.40. The summed E-state index contributed by atoms with van der Waals surface area (Å²) in [7, 11) is 0. The second kappa shape index (κ2) is 10.9. The molecule has 4 rings (SSSR count). The molecule has 2 saturated heterocycles. The van der Waals surface area contributed by atoms with Crippen LogP contribution >= 0.6 is 22.9 Å². The third-order valence-electron chi connectivity index (χ3n) is 6.75. The number of nitrogens with zero attached hydrogens (tertiary/aromatic N) is 3. The maximum atomic E-state index is 13.2. The van der Waals surface area contributed by atoms with E-state index in [2.05, 4.69) is 4.98 Å².